The van der Waals surface area contributed by atoms with Crippen molar-refractivity contribution in [3.05, 3.63) is 65.2 Å². The summed E-state index contributed by atoms with van der Waals surface area (Å²) in [7, 11) is 1.23. The third-order valence-corrected chi connectivity index (χ3v) is 2.71. The molecule has 1 amide bonds. The third-order valence-electron chi connectivity index (χ3n) is 2.71. The molecule has 0 aliphatic rings. The monoisotopic (exact) mass is 291 g/mol. The van der Waals surface area contributed by atoms with Gasteiger partial charge in [0.1, 0.15) is 11.6 Å². The number of rotatable bonds is 3. The van der Waals surface area contributed by atoms with Gasteiger partial charge in [0, 0.05) is 5.69 Å². The van der Waals surface area contributed by atoms with Crippen LogP contribution < -0.4 is 5.32 Å². The highest BCUT2D eigenvalue weighted by Gasteiger charge is 2.14. The van der Waals surface area contributed by atoms with E-state index in [9.17, 15) is 18.4 Å². The van der Waals surface area contributed by atoms with Gasteiger partial charge in [0.2, 0.25) is 0 Å². The van der Waals surface area contributed by atoms with Crippen LogP contribution in [0.25, 0.3) is 0 Å². The SMILES string of the molecule is COC(=O)c1cccc(NC(=O)c2cc(F)ccc2F)c1. The Morgan fingerprint density at radius 1 is 1.10 bits per heavy atom. The minimum Gasteiger partial charge on any atom is -0.465 e. The van der Waals surface area contributed by atoms with Crippen molar-refractivity contribution in [1.29, 1.82) is 0 Å². The van der Waals surface area contributed by atoms with E-state index >= 15 is 0 Å². The van der Waals surface area contributed by atoms with Crippen molar-refractivity contribution in [1.82, 2.24) is 0 Å². The molecule has 0 radical (unpaired) electrons. The zero-order valence-electron chi connectivity index (χ0n) is 11.0. The Balaban J connectivity index is 2.23. The number of nitrogens with one attached hydrogen (secondary N) is 1. The van der Waals surface area contributed by atoms with E-state index in [1.807, 2.05) is 0 Å². The third kappa shape index (κ3) is 3.42. The van der Waals surface area contributed by atoms with Crippen LogP contribution >= 0.6 is 0 Å². The second kappa shape index (κ2) is 6.13. The Kier molecular flexibility index (Phi) is 4.27. The van der Waals surface area contributed by atoms with Gasteiger partial charge in [0.15, 0.2) is 0 Å². The molecular weight excluding hydrogens is 280 g/mol. The van der Waals surface area contributed by atoms with Crippen LogP contribution in [0.2, 0.25) is 0 Å². The molecular formula is C15H11F2NO3. The summed E-state index contributed by atoms with van der Waals surface area (Å²) in [6.07, 6.45) is 0. The topological polar surface area (TPSA) is 55.4 Å². The van der Waals surface area contributed by atoms with Gasteiger partial charge in [-0.05, 0) is 36.4 Å². The first kappa shape index (κ1) is 14.6. The number of methoxy groups -OCH3 is 1. The predicted octanol–water partition coefficient (Wildman–Crippen LogP) is 3.00. The minimum absolute atomic E-state index is 0.231. The summed E-state index contributed by atoms with van der Waals surface area (Å²) in [6.45, 7) is 0. The van der Waals surface area contributed by atoms with E-state index in [0.717, 1.165) is 18.2 Å². The van der Waals surface area contributed by atoms with E-state index in [1.54, 1.807) is 0 Å². The average Bonchev–Trinajstić information content (AvgIpc) is 2.49. The van der Waals surface area contributed by atoms with Gasteiger partial charge in [-0.15, -0.1) is 0 Å². The fourth-order valence-corrected chi connectivity index (χ4v) is 1.71. The number of carbonyl (C=O) groups excluding carboxylic acids is 2. The molecule has 1 N–H and O–H groups in total. The number of hydrogen-bond acceptors (Lipinski definition) is 3. The van der Waals surface area contributed by atoms with Crippen LogP contribution in [-0.2, 0) is 4.74 Å². The van der Waals surface area contributed by atoms with Crippen molar-refractivity contribution in [2.45, 2.75) is 0 Å². The first-order chi connectivity index (χ1) is 10.0. The molecule has 2 aromatic rings. The fourth-order valence-electron chi connectivity index (χ4n) is 1.71. The van der Waals surface area contributed by atoms with E-state index in [-0.39, 0.29) is 11.3 Å². The molecule has 0 aliphatic carbocycles. The molecule has 0 heterocycles. The van der Waals surface area contributed by atoms with Crippen molar-refractivity contribution in [3.63, 3.8) is 0 Å². The van der Waals surface area contributed by atoms with Crippen LogP contribution in [0.15, 0.2) is 42.5 Å². The summed E-state index contributed by atoms with van der Waals surface area (Å²) < 4.78 is 31.1. The zero-order valence-corrected chi connectivity index (χ0v) is 11.0. The van der Waals surface area contributed by atoms with Crippen LogP contribution in [0, 0.1) is 11.6 Å². The average molecular weight is 291 g/mol. The van der Waals surface area contributed by atoms with E-state index in [0.29, 0.717) is 0 Å². The van der Waals surface area contributed by atoms with E-state index in [1.165, 1.54) is 31.4 Å². The van der Waals surface area contributed by atoms with Gasteiger partial charge in [0.05, 0.1) is 18.2 Å². The van der Waals surface area contributed by atoms with Gasteiger partial charge in [-0.3, -0.25) is 4.79 Å². The van der Waals surface area contributed by atoms with Gasteiger partial charge in [-0.25, -0.2) is 13.6 Å². The Morgan fingerprint density at radius 3 is 2.57 bits per heavy atom. The Bertz CT molecular complexity index is 701. The fraction of sp³-hybridized carbons (Fsp3) is 0.0667. The molecule has 108 valence electrons. The van der Waals surface area contributed by atoms with Crippen LogP contribution in [0.1, 0.15) is 20.7 Å². The molecule has 2 rings (SSSR count). The van der Waals surface area contributed by atoms with Crippen molar-refractivity contribution in [3.8, 4) is 0 Å². The van der Waals surface area contributed by atoms with Crippen LogP contribution in [0.4, 0.5) is 14.5 Å². The molecule has 0 bridgehead atoms. The maximum Gasteiger partial charge on any atom is 0.337 e. The molecule has 0 aromatic heterocycles. The van der Waals surface area contributed by atoms with Gasteiger partial charge in [0.25, 0.3) is 5.91 Å². The lowest BCUT2D eigenvalue weighted by Gasteiger charge is -2.07. The number of anilines is 1. The van der Waals surface area contributed by atoms with Gasteiger partial charge in [-0.2, -0.15) is 0 Å². The maximum absolute atomic E-state index is 13.5. The second-order valence-corrected chi connectivity index (χ2v) is 4.15. The number of halogens is 2. The molecule has 2 aromatic carbocycles. The van der Waals surface area contributed by atoms with Crippen molar-refractivity contribution < 1.29 is 23.1 Å². The van der Waals surface area contributed by atoms with Gasteiger partial charge < -0.3 is 10.1 Å². The molecule has 0 unspecified atom stereocenters. The van der Waals surface area contributed by atoms with E-state index in [2.05, 4.69) is 10.1 Å². The Morgan fingerprint density at radius 2 is 1.86 bits per heavy atom. The molecule has 21 heavy (non-hydrogen) atoms. The van der Waals surface area contributed by atoms with Crippen LogP contribution in [-0.4, -0.2) is 19.0 Å². The summed E-state index contributed by atoms with van der Waals surface area (Å²) in [5.74, 6) is -2.93. The Labute approximate surface area is 119 Å². The van der Waals surface area contributed by atoms with Gasteiger partial charge in [-0.1, -0.05) is 6.07 Å². The molecule has 0 aliphatic heterocycles. The number of hydrogen-bond donors (Lipinski definition) is 1. The number of amides is 1. The quantitative estimate of drug-likeness (QED) is 0.884. The first-order valence-corrected chi connectivity index (χ1v) is 5.96. The first-order valence-electron chi connectivity index (χ1n) is 5.96. The number of carbonyl (C=O) groups is 2. The summed E-state index contributed by atoms with van der Waals surface area (Å²) in [5.41, 5.74) is 0.0834. The predicted molar refractivity (Wildman–Crippen MR) is 72.1 cm³/mol. The lowest BCUT2D eigenvalue weighted by molar-refractivity contribution is 0.0600. The van der Waals surface area contributed by atoms with Crippen LogP contribution in [0.5, 0.6) is 0 Å². The smallest absolute Gasteiger partial charge is 0.337 e. The molecule has 0 spiro atoms. The summed E-state index contributed by atoms with van der Waals surface area (Å²) >= 11 is 0. The molecule has 0 atom stereocenters. The van der Waals surface area contributed by atoms with E-state index < -0.39 is 29.1 Å². The summed E-state index contributed by atoms with van der Waals surface area (Å²) in [6, 6.07) is 8.52. The molecule has 0 saturated heterocycles. The lowest BCUT2D eigenvalue weighted by Crippen LogP contribution is -2.14. The molecule has 0 fully saturated rings. The summed E-state index contributed by atoms with van der Waals surface area (Å²) in [5, 5.41) is 2.39. The normalized spacial score (nSPS) is 10.0. The summed E-state index contributed by atoms with van der Waals surface area (Å²) in [4.78, 5) is 23.3. The van der Waals surface area contributed by atoms with Crippen molar-refractivity contribution in [2.24, 2.45) is 0 Å². The molecule has 6 heteroatoms. The minimum atomic E-state index is -0.835. The number of benzene rings is 2. The van der Waals surface area contributed by atoms with Gasteiger partial charge >= 0.3 is 5.97 Å². The Hall–Kier alpha value is -2.76. The molecule has 0 saturated carbocycles. The largest absolute Gasteiger partial charge is 0.465 e. The second-order valence-electron chi connectivity index (χ2n) is 4.15. The highest BCUT2D eigenvalue weighted by molar-refractivity contribution is 6.05. The highest BCUT2D eigenvalue weighted by Crippen LogP contribution is 2.15. The van der Waals surface area contributed by atoms with E-state index in [4.69, 9.17) is 0 Å². The number of ether oxygens (including phenoxy) is 1. The standard InChI is InChI=1S/C15H11F2NO3/c1-21-15(20)9-3-2-4-11(7-9)18-14(19)12-8-10(16)5-6-13(12)17/h2-8H,1H3,(H,18,19). The van der Waals surface area contributed by atoms with Crippen molar-refractivity contribution >= 4 is 17.6 Å². The highest BCUT2D eigenvalue weighted by atomic mass is 19.1. The van der Waals surface area contributed by atoms with Crippen LogP contribution in [0.3, 0.4) is 0 Å². The zero-order chi connectivity index (χ0) is 15.4. The maximum atomic E-state index is 13.5. The lowest BCUT2D eigenvalue weighted by atomic mass is 10.1. The molecule has 4 nitrogen and oxygen atoms in total. The van der Waals surface area contributed by atoms with Crippen molar-refractivity contribution in [2.75, 3.05) is 12.4 Å². The number of esters is 1.